The van der Waals surface area contributed by atoms with E-state index in [0.717, 1.165) is 91.1 Å². The smallest absolute Gasteiger partial charge is 0.127 e. The van der Waals surface area contributed by atoms with E-state index in [-0.39, 0.29) is 0 Å². The van der Waals surface area contributed by atoms with E-state index in [1.807, 2.05) is 0 Å². The van der Waals surface area contributed by atoms with Crippen LogP contribution in [0.4, 0.5) is 0 Å². The van der Waals surface area contributed by atoms with Crippen molar-refractivity contribution in [2.24, 2.45) is 0 Å². The number of hydrogen-bond donors (Lipinski definition) is 0. The molecule has 0 aromatic heterocycles. The predicted octanol–water partition coefficient (Wildman–Crippen LogP) is 9.80. The van der Waals surface area contributed by atoms with Crippen molar-refractivity contribution in [2.75, 3.05) is 52.9 Å². The average molecular weight is 729 g/mol. The number of fused-ring (bicyclic) bond motifs is 11. The van der Waals surface area contributed by atoms with Gasteiger partial charge in [-0.15, -0.1) is 0 Å². The molecule has 4 aliphatic carbocycles. The lowest BCUT2D eigenvalue weighted by Gasteiger charge is -2.26. The van der Waals surface area contributed by atoms with Crippen LogP contribution in [0.2, 0.25) is 0 Å². The molecular weight excluding hydrogens is 673 g/mol. The first-order chi connectivity index (χ1) is 26.8. The highest BCUT2D eigenvalue weighted by molar-refractivity contribution is 5.82. The maximum Gasteiger partial charge on any atom is 0.127 e. The molecule has 54 heavy (non-hydrogen) atoms. The first kappa shape index (κ1) is 35.7. The lowest BCUT2D eigenvalue weighted by molar-refractivity contribution is 0.0274. The zero-order valence-corrected chi connectivity index (χ0v) is 32.0. The molecular formula is C48H56O6. The van der Waals surface area contributed by atoms with E-state index >= 15 is 0 Å². The van der Waals surface area contributed by atoms with Crippen molar-refractivity contribution >= 4 is 0 Å². The van der Waals surface area contributed by atoms with Crippen LogP contribution >= 0.6 is 0 Å². The molecule has 0 saturated carbocycles. The summed E-state index contributed by atoms with van der Waals surface area (Å²) < 4.78 is 38.8. The summed E-state index contributed by atoms with van der Waals surface area (Å²) in [6.45, 7) is 3.90. The Morgan fingerprint density at radius 2 is 0.648 bits per heavy atom. The topological polar surface area (TPSA) is 55.4 Å². The molecule has 284 valence electrons. The van der Waals surface area contributed by atoms with Crippen LogP contribution in [0.25, 0.3) is 22.3 Å². The molecule has 1 heterocycles. The van der Waals surface area contributed by atoms with Gasteiger partial charge in [-0.05, 0) is 190 Å². The van der Waals surface area contributed by atoms with Crippen molar-refractivity contribution in [1.29, 1.82) is 0 Å². The molecule has 4 aromatic carbocycles. The predicted molar refractivity (Wildman–Crippen MR) is 214 cm³/mol. The standard InChI is InChI=1S/C48H56O6/c1-4-13-37-30-45-41(27-34(37)10-1)42-28-35-11-2-5-14-38(35)31-46(42)53-25-26-54-47-32-39-15-6-3-12-36(39)29-43(47)48-40-16-8-7-9-33(40)17-18-44(48)51-23-21-49-19-20-50-22-24-52-45/h17-18,27-32H,1-16,19-26H2. The molecule has 0 bridgehead atoms. The van der Waals surface area contributed by atoms with Crippen molar-refractivity contribution in [3.8, 4) is 45.3 Å². The van der Waals surface area contributed by atoms with Crippen molar-refractivity contribution in [2.45, 2.75) is 103 Å². The zero-order chi connectivity index (χ0) is 36.1. The monoisotopic (exact) mass is 728 g/mol. The molecule has 0 saturated heterocycles. The Morgan fingerprint density at radius 1 is 0.296 bits per heavy atom. The van der Waals surface area contributed by atoms with Gasteiger partial charge in [-0.1, -0.05) is 6.07 Å². The van der Waals surface area contributed by atoms with Gasteiger partial charge in [0, 0.05) is 22.3 Å². The third kappa shape index (κ3) is 7.75. The quantitative estimate of drug-likeness (QED) is 0.180. The van der Waals surface area contributed by atoms with Gasteiger partial charge in [-0.2, -0.15) is 0 Å². The van der Waals surface area contributed by atoms with Crippen LogP contribution in [0.5, 0.6) is 23.0 Å². The van der Waals surface area contributed by atoms with E-state index in [0.29, 0.717) is 52.9 Å². The maximum atomic E-state index is 6.84. The highest BCUT2D eigenvalue weighted by atomic mass is 16.6. The summed E-state index contributed by atoms with van der Waals surface area (Å²) >= 11 is 0. The molecule has 6 nitrogen and oxygen atoms in total. The fourth-order valence-electron chi connectivity index (χ4n) is 9.53. The van der Waals surface area contributed by atoms with Gasteiger partial charge in [0.1, 0.15) is 49.4 Å². The van der Waals surface area contributed by atoms with Crippen LogP contribution < -0.4 is 18.9 Å². The van der Waals surface area contributed by atoms with Gasteiger partial charge in [0.05, 0.1) is 26.4 Å². The molecule has 0 spiro atoms. The minimum absolute atomic E-state index is 0.449. The van der Waals surface area contributed by atoms with Gasteiger partial charge in [0.2, 0.25) is 0 Å². The largest absolute Gasteiger partial charge is 0.491 e. The van der Waals surface area contributed by atoms with Gasteiger partial charge in [0.15, 0.2) is 0 Å². The van der Waals surface area contributed by atoms with Crippen molar-refractivity contribution in [1.82, 2.24) is 0 Å². The molecule has 9 rings (SSSR count). The molecule has 6 heteroatoms. The summed E-state index contributed by atoms with van der Waals surface area (Å²) in [5.74, 6) is 3.71. The molecule has 0 atom stereocenters. The van der Waals surface area contributed by atoms with Gasteiger partial charge >= 0.3 is 0 Å². The lowest BCUT2D eigenvalue weighted by atomic mass is 9.83. The number of ether oxygens (including phenoxy) is 6. The second-order valence-corrected chi connectivity index (χ2v) is 15.9. The Bertz CT molecular complexity index is 1960. The molecule has 5 aliphatic rings. The Hall–Kier alpha value is -4.00. The first-order valence-corrected chi connectivity index (χ1v) is 21.1. The van der Waals surface area contributed by atoms with E-state index in [1.54, 1.807) is 0 Å². The van der Waals surface area contributed by atoms with Crippen molar-refractivity contribution < 1.29 is 28.4 Å². The molecule has 1 aliphatic heterocycles. The van der Waals surface area contributed by atoms with Gasteiger partial charge in [-0.25, -0.2) is 0 Å². The summed E-state index contributed by atoms with van der Waals surface area (Å²) in [5, 5.41) is 0. The van der Waals surface area contributed by atoms with Crippen LogP contribution in [-0.2, 0) is 60.8 Å². The van der Waals surface area contributed by atoms with Crippen LogP contribution in [0.3, 0.4) is 0 Å². The van der Waals surface area contributed by atoms with E-state index in [2.05, 4.69) is 48.5 Å². The van der Waals surface area contributed by atoms with E-state index < -0.39 is 0 Å². The van der Waals surface area contributed by atoms with Crippen LogP contribution in [0.1, 0.15) is 95.9 Å². The van der Waals surface area contributed by atoms with Crippen molar-refractivity contribution in [3.63, 3.8) is 0 Å². The molecule has 0 unspecified atom stereocenters. The molecule has 0 radical (unpaired) electrons. The van der Waals surface area contributed by atoms with E-state index in [1.165, 1.54) is 101 Å². The van der Waals surface area contributed by atoms with Gasteiger partial charge in [-0.3, -0.25) is 0 Å². The molecule has 0 amide bonds. The average Bonchev–Trinajstić information content (AvgIpc) is 3.21. The number of hydrogen-bond acceptors (Lipinski definition) is 6. The summed E-state index contributed by atoms with van der Waals surface area (Å²) in [5.41, 5.74) is 16.1. The van der Waals surface area contributed by atoms with Crippen LogP contribution in [-0.4, -0.2) is 52.9 Å². The van der Waals surface area contributed by atoms with Crippen LogP contribution in [0, 0.1) is 0 Å². The Labute approximate surface area is 321 Å². The van der Waals surface area contributed by atoms with Gasteiger partial charge < -0.3 is 28.4 Å². The summed E-state index contributed by atoms with van der Waals surface area (Å²) in [4.78, 5) is 0. The Kier molecular flexibility index (Phi) is 11.1. The van der Waals surface area contributed by atoms with E-state index in [9.17, 15) is 0 Å². The fraction of sp³-hybridized carbons (Fsp3) is 0.500. The Balaban J connectivity index is 1.09. The summed E-state index contributed by atoms with van der Waals surface area (Å²) in [6, 6.07) is 18.6. The summed E-state index contributed by atoms with van der Waals surface area (Å²) in [7, 11) is 0. The SMILES string of the molecule is c1cc2c(c3c1CCCC3)-c1cc3c(cc1OCCOc1cc4c(cc1-c1cc5c(cc1OCCOCCOCCO2)CCCC5)CCCC4)CCCC3. The normalized spacial score (nSPS) is 19.3. The third-order valence-electron chi connectivity index (χ3n) is 12.3. The molecule has 0 N–H and O–H groups in total. The minimum Gasteiger partial charge on any atom is -0.491 e. The number of benzene rings is 4. The highest BCUT2D eigenvalue weighted by Crippen LogP contribution is 2.46. The second-order valence-electron chi connectivity index (χ2n) is 15.9. The van der Waals surface area contributed by atoms with Crippen LogP contribution in [0.15, 0.2) is 48.5 Å². The number of rotatable bonds is 0. The number of aryl methyl sites for hydroxylation is 7. The zero-order valence-electron chi connectivity index (χ0n) is 32.0. The fourth-order valence-corrected chi connectivity index (χ4v) is 9.53. The third-order valence-corrected chi connectivity index (χ3v) is 12.3. The highest BCUT2D eigenvalue weighted by Gasteiger charge is 2.25. The van der Waals surface area contributed by atoms with E-state index in [4.69, 9.17) is 28.4 Å². The van der Waals surface area contributed by atoms with Crippen molar-refractivity contribution in [3.05, 3.63) is 93.0 Å². The molecule has 4 aromatic rings. The Morgan fingerprint density at radius 3 is 1.15 bits per heavy atom. The first-order valence-electron chi connectivity index (χ1n) is 21.1. The van der Waals surface area contributed by atoms with Gasteiger partial charge in [0.25, 0.3) is 0 Å². The lowest BCUT2D eigenvalue weighted by Crippen LogP contribution is -2.15. The molecule has 0 fully saturated rings. The minimum atomic E-state index is 0.449. The maximum absolute atomic E-state index is 6.84. The second kappa shape index (κ2) is 16.8. The summed E-state index contributed by atoms with van der Waals surface area (Å²) in [6.07, 6.45) is 18.6.